The number of benzene rings is 1. The van der Waals surface area contributed by atoms with Crippen molar-refractivity contribution >= 4 is 28.9 Å². The Balaban J connectivity index is 1.55. The van der Waals surface area contributed by atoms with Gasteiger partial charge in [-0.05, 0) is 65.9 Å². The van der Waals surface area contributed by atoms with Gasteiger partial charge in [0, 0.05) is 10.6 Å². The standard InChI is InChI=1S/C19H19N5O3S/c1-2-10-27-19(26)12-6-8-13(9-7-12)21-17(25)16-14-4-3-5-15(14)28-18(16)24-11-20-22-23-24/h6-9,11H,2-5,10H2,1H3,(H,21,25). The molecule has 1 amide bonds. The Morgan fingerprint density at radius 1 is 1.25 bits per heavy atom. The predicted octanol–water partition coefficient (Wildman–Crippen LogP) is 3.03. The summed E-state index contributed by atoms with van der Waals surface area (Å²) in [4.78, 5) is 26.1. The molecule has 1 aromatic carbocycles. The number of carbonyl (C=O) groups is 2. The molecule has 0 saturated carbocycles. The fourth-order valence-electron chi connectivity index (χ4n) is 3.20. The van der Waals surface area contributed by atoms with Crippen LogP contribution in [-0.2, 0) is 17.6 Å². The second-order valence-corrected chi connectivity index (χ2v) is 7.54. The molecule has 8 nitrogen and oxygen atoms in total. The zero-order valence-corrected chi connectivity index (χ0v) is 16.2. The van der Waals surface area contributed by atoms with Gasteiger partial charge in [-0.15, -0.1) is 16.4 Å². The Bertz CT molecular complexity index is 996. The third-order valence-electron chi connectivity index (χ3n) is 4.50. The Morgan fingerprint density at radius 2 is 2.07 bits per heavy atom. The number of nitrogens with zero attached hydrogens (tertiary/aromatic N) is 4. The number of nitrogens with one attached hydrogen (secondary N) is 1. The number of esters is 1. The first kappa shape index (κ1) is 18.3. The number of hydrogen-bond donors (Lipinski definition) is 1. The van der Waals surface area contributed by atoms with Gasteiger partial charge >= 0.3 is 5.97 Å². The van der Waals surface area contributed by atoms with Crippen LogP contribution < -0.4 is 5.32 Å². The van der Waals surface area contributed by atoms with E-state index in [1.54, 1.807) is 35.6 Å². The van der Waals surface area contributed by atoms with E-state index in [0.717, 1.165) is 36.2 Å². The highest BCUT2D eigenvalue weighted by molar-refractivity contribution is 7.15. The quantitative estimate of drug-likeness (QED) is 0.642. The lowest BCUT2D eigenvalue weighted by atomic mass is 10.1. The number of carbonyl (C=O) groups excluding carboxylic acids is 2. The molecule has 1 aliphatic carbocycles. The van der Waals surface area contributed by atoms with E-state index < -0.39 is 0 Å². The van der Waals surface area contributed by atoms with Gasteiger partial charge in [0.15, 0.2) is 0 Å². The smallest absolute Gasteiger partial charge is 0.338 e. The summed E-state index contributed by atoms with van der Waals surface area (Å²) in [7, 11) is 0. The second kappa shape index (κ2) is 7.89. The predicted molar refractivity (Wildman–Crippen MR) is 104 cm³/mol. The number of fused-ring (bicyclic) bond motifs is 1. The van der Waals surface area contributed by atoms with Crippen molar-refractivity contribution in [3.63, 3.8) is 0 Å². The molecule has 9 heteroatoms. The van der Waals surface area contributed by atoms with Gasteiger partial charge in [0.1, 0.15) is 11.3 Å². The van der Waals surface area contributed by atoms with E-state index in [9.17, 15) is 9.59 Å². The topological polar surface area (TPSA) is 99.0 Å². The molecule has 0 unspecified atom stereocenters. The maximum atomic E-state index is 13.0. The minimum absolute atomic E-state index is 0.203. The molecule has 0 aliphatic heterocycles. The monoisotopic (exact) mass is 397 g/mol. The van der Waals surface area contributed by atoms with E-state index in [-0.39, 0.29) is 11.9 Å². The molecule has 1 N–H and O–H groups in total. The molecule has 0 fully saturated rings. The van der Waals surface area contributed by atoms with Crippen LogP contribution in [-0.4, -0.2) is 38.7 Å². The molecule has 1 aliphatic rings. The molecular weight excluding hydrogens is 378 g/mol. The molecule has 144 valence electrons. The van der Waals surface area contributed by atoms with Crippen LogP contribution in [0.2, 0.25) is 0 Å². The van der Waals surface area contributed by atoms with Crippen LogP contribution in [0.1, 0.15) is 50.9 Å². The van der Waals surface area contributed by atoms with E-state index in [4.69, 9.17) is 4.74 Å². The molecular formula is C19H19N5O3S. The van der Waals surface area contributed by atoms with E-state index in [0.29, 0.717) is 23.4 Å². The van der Waals surface area contributed by atoms with Gasteiger partial charge in [-0.1, -0.05) is 6.92 Å². The van der Waals surface area contributed by atoms with E-state index >= 15 is 0 Å². The largest absolute Gasteiger partial charge is 0.462 e. The van der Waals surface area contributed by atoms with E-state index in [1.165, 1.54) is 15.9 Å². The van der Waals surface area contributed by atoms with Crippen LogP contribution in [0.4, 0.5) is 5.69 Å². The fraction of sp³-hybridized carbons (Fsp3) is 0.316. The van der Waals surface area contributed by atoms with Gasteiger partial charge in [0.2, 0.25) is 0 Å². The van der Waals surface area contributed by atoms with Crippen LogP contribution in [0.5, 0.6) is 0 Å². The number of aromatic nitrogens is 4. The maximum absolute atomic E-state index is 13.0. The van der Waals surface area contributed by atoms with Gasteiger partial charge < -0.3 is 10.1 Å². The minimum Gasteiger partial charge on any atom is -0.462 e. The average molecular weight is 397 g/mol. The maximum Gasteiger partial charge on any atom is 0.338 e. The molecule has 2 heterocycles. The lowest BCUT2D eigenvalue weighted by Crippen LogP contribution is -2.15. The summed E-state index contributed by atoms with van der Waals surface area (Å²) in [5, 5.41) is 14.9. The van der Waals surface area contributed by atoms with Crippen LogP contribution >= 0.6 is 11.3 Å². The van der Waals surface area contributed by atoms with Crippen molar-refractivity contribution in [2.24, 2.45) is 0 Å². The number of aryl methyl sites for hydroxylation is 1. The molecule has 0 radical (unpaired) electrons. The highest BCUT2D eigenvalue weighted by Gasteiger charge is 2.28. The van der Waals surface area contributed by atoms with Gasteiger partial charge in [0.05, 0.1) is 17.7 Å². The van der Waals surface area contributed by atoms with Gasteiger partial charge in [-0.3, -0.25) is 4.79 Å². The van der Waals surface area contributed by atoms with Crippen LogP contribution in [0.3, 0.4) is 0 Å². The first-order valence-corrected chi connectivity index (χ1v) is 9.95. The molecule has 0 saturated heterocycles. The number of anilines is 1. The Kier molecular flexibility index (Phi) is 5.16. The third-order valence-corrected chi connectivity index (χ3v) is 5.78. The van der Waals surface area contributed by atoms with Gasteiger partial charge in [0.25, 0.3) is 5.91 Å². The lowest BCUT2D eigenvalue weighted by Gasteiger charge is -2.09. The van der Waals surface area contributed by atoms with Crippen molar-refractivity contribution in [1.82, 2.24) is 20.2 Å². The second-order valence-electron chi connectivity index (χ2n) is 6.46. The highest BCUT2D eigenvalue weighted by Crippen LogP contribution is 2.37. The van der Waals surface area contributed by atoms with Gasteiger partial charge in [-0.2, -0.15) is 4.68 Å². The van der Waals surface area contributed by atoms with E-state index in [2.05, 4.69) is 20.8 Å². The summed E-state index contributed by atoms with van der Waals surface area (Å²) < 4.78 is 6.65. The van der Waals surface area contributed by atoms with Crippen molar-refractivity contribution in [3.8, 4) is 5.00 Å². The molecule has 0 spiro atoms. The number of hydrogen-bond acceptors (Lipinski definition) is 7. The van der Waals surface area contributed by atoms with Crippen molar-refractivity contribution in [2.45, 2.75) is 32.6 Å². The van der Waals surface area contributed by atoms with Crippen molar-refractivity contribution < 1.29 is 14.3 Å². The summed E-state index contributed by atoms with van der Waals surface area (Å²) in [5.74, 6) is -0.567. The first-order valence-electron chi connectivity index (χ1n) is 9.13. The Morgan fingerprint density at radius 3 is 2.79 bits per heavy atom. The van der Waals surface area contributed by atoms with Gasteiger partial charge in [-0.25, -0.2) is 4.79 Å². The number of rotatable bonds is 6. The molecule has 0 bridgehead atoms. The average Bonchev–Trinajstić information content (AvgIpc) is 3.42. The summed E-state index contributed by atoms with van der Waals surface area (Å²) in [6, 6.07) is 6.69. The van der Waals surface area contributed by atoms with Crippen LogP contribution in [0.25, 0.3) is 5.00 Å². The van der Waals surface area contributed by atoms with Crippen molar-refractivity contribution in [3.05, 3.63) is 52.2 Å². The highest BCUT2D eigenvalue weighted by atomic mass is 32.1. The molecule has 0 atom stereocenters. The number of amides is 1. The molecule has 2 aromatic heterocycles. The number of thiophene rings is 1. The summed E-state index contributed by atoms with van der Waals surface area (Å²) in [5.41, 5.74) is 2.76. The zero-order chi connectivity index (χ0) is 19.5. The SMILES string of the molecule is CCCOC(=O)c1ccc(NC(=O)c2c(-n3cnnn3)sc3c2CCC3)cc1. The Hall–Kier alpha value is -3.07. The van der Waals surface area contributed by atoms with Crippen LogP contribution in [0, 0.1) is 0 Å². The van der Waals surface area contributed by atoms with E-state index in [1.807, 2.05) is 6.92 Å². The number of tetrazole rings is 1. The fourth-order valence-corrected chi connectivity index (χ4v) is 4.50. The zero-order valence-electron chi connectivity index (χ0n) is 15.3. The Labute approximate surface area is 165 Å². The minimum atomic E-state index is -0.364. The molecule has 4 rings (SSSR count). The summed E-state index contributed by atoms with van der Waals surface area (Å²) in [6.45, 7) is 2.33. The normalized spacial score (nSPS) is 12.6. The van der Waals surface area contributed by atoms with Crippen molar-refractivity contribution in [1.29, 1.82) is 0 Å². The third kappa shape index (κ3) is 3.53. The number of ether oxygens (including phenoxy) is 1. The van der Waals surface area contributed by atoms with Crippen LogP contribution in [0.15, 0.2) is 30.6 Å². The van der Waals surface area contributed by atoms with Crippen molar-refractivity contribution in [2.75, 3.05) is 11.9 Å². The lowest BCUT2D eigenvalue weighted by molar-refractivity contribution is 0.0505. The molecule has 3 aromatic rings. The summed E-state index contributed by atoms with van der Waals surface area (Å²) in [6.07, 6.45) is 5.16. The summed E-state index contributed by atoms with van der Waals surface area (Å²) >= 11 is 1.56. The molecule has 28 heavy (non-hydrogen) atoms. The first-order chi connectivity index (χ1) is 13.7.